The summed E-state index contributed by atoms with van der Waals surface area (Å²) < 4.78 is 18.0. The molecule has 0 aliphatic carbocycles. The van der Waals surface area contributed by atoms with Crippen LogP contribution in [0.3, 0.4) is 0 Å². The minimum atomic E-state index is -0.897. The lowest BCUT2D eigenvalue weighted by Crippen LogP contribution is -2.08. The third-order valence-electron chi connectivity index (χ3n) is 2.42. The number of carbonyl (C=O) groups is 1. The zero-order chi connectivity index (χ0) is 13.5. The molecule has 1 rings (SSSR count). The van der Waals surface area contributed by atoms with Crippen LogP contribution < -0.4 is 0 Å². The second kappa shape index (κ2) is 7.34. The van der Waals surface area contributed by atoms with E-state index in [0.717, 1.165) is 6.42 Å². The average molecular weight is 275 g/mol. The van der Waals surface area contributed by atoms with Crippen molar-refractivity contribution in [1.82, 2.24) is 0 Å². The van der Waals surface area contributed by atoms with E-state index < -0.39 is 11.9 Å². The summed E-state index contributed by atoms with van der Waals surface area (Å²) in [6, 6.07) is 4.09. The van der Waals surface area contributed by atoms with Crippen LogP contribution in [0.15, 0.2) is 18.2 Å². The van der Waals surface area contributed by atoms with Gasteiger partial charge in [0.2, 0.25) is 0 Å². The molecule has 0 saturated heterocycles. The van der Waals surface area contributed by atoms with Gasteiger partial charge in [0, 0.05) is 6.42 Å². The number of aliphatic hydroxyl groups is 1. The topological polar surface area (TPSA) is 46.5 Å². The van der Waals surface area contributed by atoms with Crippen LogP contribution in [-0.2, 0) is 9.53 Å². The molecule has 1 unspecified atom stereocenters. The van der Waals surface area contributed by atoms with E-state index in [-0.39, 0.29) is 23.8 Å². The second-order valence-electron chi connectivity index (χ2n) is 3.95. The number of benzene rings is 1. The van der Waals surface area contributed by atoms with E-state index in [9.17, 15) is 14.3 Å². The molecule has 0 heterocycles. The molecule has 0 amide bonds. The Morgan fingerprint density at radius 1 is 1.56 bits per heavy atom. The van der Waals surface area contributed by atoms with E-state index in [0.29, 0.717) is 12.2 Å². The molecule has 18 heavy (non-hydrogen) atoms. The van der Waals surface area contributed by atoms with Gasteiger partial charge in [-0.2, -0.15) is 0 Å². The fraction of sp³-hybridized carbons (Fsp3) is 0.462. The molecule has 0 aliphatic heterocycles. The highest BCUT2D eigenvalue weighted by atomic mass is 35.5. The lowest BCUT2D eigenvalue weighted by Gasteiger charge is -2.11. The monoisotopic (exact) mass is 274 g/mol. The van der Waals surface area contributed by atoms with Crippen LogP contribution in [0.25, 0.3) is 0 Å². The highest BCUT2D eigenvalue weighted by molar-refractivity contribution is 6.30. The second-order valence-corrected chi connectivity index (χ2v) is 4.36. The zero-order valence-electron chi connectivity index (χ0n) is 10.2. The molecular formula is C13H16ClFO3. The van der Waals surface area contributed by atoms with Gasteiger partial charge in [-0.3, -0.25) is 4.79 Å². The molecule has 0 spiro atoms. The van der Waals surface area contributed by atoms with E-state index in [1.165, 1.54) is 18.2 Å². The molecule has 1 N–H and O–H groups in total. The zero-order valence-corrected chi connectivity index (χ0v) is 10.9. The maximum atomic E-state index is 13.2. The molecule has 0 aliphatic rings. The first-order valence-corrected chi connectivity index (χ1v) is 6.21. The highest BCUT2D eigenvalue weighted by Crippen LogP contribution is 2.23. The van der Waals surface area contributed by atoms with Crippen molar-refractivity contribution in [3.63, 3.8) is 0 Å². The van der Waals surface area contributed by atoms with E-state index >= 15 is 0 Å². The van der Waals surface area contributed by atoms with E-state index in [2.05, 4.69) is 0 Å². The molecule has 3 nitrogen and oxygen atoms in total. The molecule has 1 atom stereocenters. The lowest BCUT2D eigenvalue weighted by molar-refractivity contribution is -0.144. The van der Waals surface area contributed by atoms with Gasteiger partial charge in [-0.05, 0) is 30.5 Å². The molecule has 5 heteroatoms. The van der Waals surface area contributed by atoms with Crippen LogP contribution in [0.2, 0.25) is 5.02 Å². The summed E-state index contributed by atoms with van der Waals surface area (Å²) in [5, 5.41) is 9.80. The Morgan fingerprint density at radius 3 is 2.89 bits per heavy atom. The molecule has 0 bridgehead atoms. The Kier molecular flexibility index (Phi) is 6.09. The summed E-state index contributed by atoms with van der Waals surface area (Å²) in [5.74, 6) is -0.938. The number of halogens is 2. The number of ether oxygens (including phenoxy) is 1. The van der Waals surface area contributed by atoms with Crippen LogP contribution in [0.1, 0.15) is 37.9 Å². The maximum absolute atomic E-state index is 13.2. The third kappa shape index (κ3) is 4.63. The van der Waals surface area contributed by atoms with Crippen molar-refractivity contribution in [2.75, 3.05) is 6.61 Å². The first-order chi connectivity index (χ1) is 8.54. The van der Waals surface area contributed by atoms with E-state index in [1.54, 1.807) is 0 Å². The predicted octanol–water partition coefficient (Wildman–Crippen LogP) is 3.25. The largest absolute Gasteiger partial charge is 0.466 e. The summed E-state index contributed by atoms with van der Waals surface area (Å²) >= 11 is 5.54. The molecule has 100 valence electrons. The molecule has 0 aromatic heterocycles. The molecule has 0 radical (unpaired) electrons. The van der Waals surface area contributed by atoms with Gasteiger partial charge in [-0.15, -0.1) is 0 Å². The molecular weight excluding hydrogens is 259 g/mol. The molecule has 0 fully saturated rings. The summed E-state index contributed by atoms with van der Waals surface area (Å²) in [6.07, 6.45) is 0.164. The normalized spacial score (nSPS) is 12.2. The SMILES string of the molecule is CCCOC(=O)CCC(O)c1ccc(Cl)c(F)c1. The Hall–Kier alpha value is -1.13. The summed E-state index contributed by atoms with van der Waals surface area (Å²) in [5.41, 5.74) is 0.403. The van der Waals surface area contributed by atoms with Crippen molar-refractivity contribution in [3.05, 3.63) is 34.6 Å². The maximum Gasteiger partial charge on any atom is 0.305 e. The summed E-state index contributed by atoms with van der Waals surface area (Å²) in [4.78, 5) is 11.2. The number of esters is 1. The highest BCUT2D eigenvalue weighted by Gasteiger charge is 2.12. The van der Waals surface area contributed by atoms with Crippen molar-refractivity contribution < 1.29 is 19.0 Å². The Morgan fingerprint density at radius 2 is 2.28 bits per heavy atom. The summed E-state index contributed by atoms with van der Waals surface area (Å²) in [6.45, 7) is 2.28. The standard InChI is InChI=1S/C13H16ClFO3/c1-2-7-18-13(17)6-5-12(16)9-3-4-10(14)11(15)8-9/h3-4,8,12,16H,2,5-7H2,1H3. The van der Waals surface area contributed by atoms with Crippen LogP contribution in [0.5, 0.6) is 0 Å². The molecule has 0 saturated carbocycles. The van der Waals surface area contributed by atoms with Crippen molar-refractivity contribution >= 4 is 17.6 Å². The predicted molar refractivity (Wildman–Crippen MR) is 66.9 cm³/mol. The van der Waals surface area contributed by atoms with E-state index in [1.807, 2.05) is 6.92 Å². The molecule has 1 aromatic rings. The van der Waals surface area contributed by atoms with E-state index in [4.69, 9.17) is 16.3 Å². The van der Waals surface area contributed by atoms with Crippen molar-refractivity contribution in [2.45, 2.75) is 32.3 Å². The van der Waals surface area contributed by atoms with Gasteiger partial charge in [-0.1, -0.05) is 24.6 Å². The van der Waals surface area contributed by atoms with Gasteiger partial charge in [-0.25, -0.2) is 4.39 Å². The van der Waals surface area contributed by atoms with Gasteiger partial charge in [0.25, 0.3) is 0 Å². The average Bonchev–Trinajstić information content (AvgIpc) is 2.36. The number of hydrogen-bond donors (Lipinski definition) is 1. The van der Waals surface area contributed by atoms with Gasteiger partial charge < -0.3 is 9.84 Å². The minimum Gasteiger partial charge on any atom is -0.466 e. The van der Waals surface area contributed by atoms with Gasteiger partial charge >= 0.3 is 5.97 Å². The van der Waals surface area contributed by atoms with Crippen molar-refractivity contribution in [3.8, 4) is 0 Å². The quantitative estimate of drug-likeness (QED) is 0.810. The van der Waals surface area contributed by atoms with Gasteiger partial charge in [0.05, 0.1) is 17.7 Å². The third-order valence-corrected chi connectivity index (χ3v) is 2.72. The van der Waals surface area contributed by atoms with Gasteiger partial charge in [0.1, 0.15) is 5.82 Å². The fourth-order valence-corrected chi connectivity index (χ4v) is 1.55. The first-order valence-electron chi connectivity index (χ1n) is 5.83. The number of carbonyl (C=O) groups excluding carboxylic acids is 1. The van der Waals surface area contributed by atoms with Crippen LogP contribution in [0, 0.1) is 5.82 Å². The minimum absolute atomic E-state index is 0.00769. The fourth-order valence-electron chi connectivity index (χ4n) is 1.43. The van der Waals surface area contributed by atoms with Crippen molar-refractivity contribution in [1.29, 1.82) is 0 Å². The Balaban J connectivity index is 2.47. The number of aliphatic hydroxyl groups excluding tert-OH is 1. The first kappa shape index (κ1) is 14.9. The van der Waals surface area contributed by atoms with Crippen molar-refractivity contribution in [2.24, 2.45) is 0 Å². The van der Waals surface area contributed by atoms with Crippen LogP contribution >= 0.6 is 11.6 Å². The number of hydrogen-bond acceptors (Lipinski definition) is 3. The Labute approximate surface area is 111 Å². The number of rotatable bonds is 6. The van der Waals surface area contributed by atoms with Gasteiger partial charge in [0.15, 0.2) is 0 Å². The summed E-state index contributed by atoms with van der Waals surface area (Å²) in [7, 11) is 0. The van der Waals surface area contributed by atoms with Crippen LogP contribution in [0.4, 0.5) is 4.39 Å². The molecule has 1 aromatic carbocycles. The lowest BCUT2D eigenvalue weighted by atomic mass is 10.0. The smallest absolute Gasteiger partial charge is 0.305 e. The van der Waals surface area contributed by atoms with Crippen LogP contribution in [-0.4, -0.2) is 17.7 Å². The Bertz CT molecular complexity index is 409.